The fourth-order valence-electron chi connectivity index (χ4n) is 3.64. The summed E-state index contributed by atoms with van der Waals surface area (Å²) >= 11 is 5.43. The second kappa shape index (κ2) is 8.18. The van der Waals surface area contributed by atoms with Crippen molar-refractivity contribution < 1.29 is 5.11 Å². The molecule has 3 N–H and O–H groups in total. The summed E-state index contributed by atoms with van der Waals surface area (Å²) in [4.78, 5) is 14.2. The van der Waals surface area contributed by atoms with Crippen molar-refractivity contribution in [3.05, 3.63) is 53.1 Å². The van der Waals surface area contributed by atoms with Gasteiger partial charge in [0, 0.05) is 37.8 Å². The van der Waals surface area contributed by atoms with E-state index in [9.17, 15) is 5.11 Å². The van der Waals surface area contributed by atoms with E-state index in [-0.39, 0.29) is 6.61 Å². The first-order valence-electron chi connectivity index (χ1n) is 9.63. The quantitative estimate of drug-likeness (QED) is 0.405. The molecular weight excluding hydrogens is 384 g/mol. The van der Waals surface area contributed by atoms with Crippen LogP contribution in [0.3, 0.4) is 0 Å². The van der Waals surface area contributed by atoms with E-state index in [4.69, 9.17) is 12.2 Å². The number of hydrogen-bond acceptors (Lipinski definition) is 6. The molecule has 0 saturated heterocycles. The molecule has 4 aromatic rings. The van der Waals surface area contributed by atoms with Crippen molar-refractivity contribution >= 4 is 45.7 Å². The number of imidazole rings is 1. The lowest BCUT2D eigenvalue weighted by Crippen LogP contribution is -2.22. The number of anilines is 2. The van der Waals surface area contributed by atoms with Gasteiger partial charge in [-0.1, -0.05) is 18.2 Å². The Kier molecular flexibility index (Phi) is 5.46. The number of aromatic amines is 1. The number of H-pyrrole nitrogens is 1. The first-order valence-corrected chi connectivity index (χ1v) is 10.0. The average Bonchev–Trinajstić information content (AvgIpc) is 3.04. The fraction of sp³-hybridized carbons (Fsp3) is 0.286. The number of para-hydroxylation sites is 1. The predicted molar refractivity (Wildman–Crippen MR) is 120 cm³/mol. The van der Waals surface area contributed by atoms with E-state index < -0.39 is 0 Å². The van der Waals surface area contributed by atoms with Gasteiger partial charge in [-0.2, -0.15) is 0 Å². The fourth-order valence-corrected chi connectivity index (χ4v) is 3.98. The SMILES string of the molecule is CCn1c(=S)[nH]c2cc3c(NCc4ccccc4N(C)CCO)ncnc3cc21. The number of aliphatic hydroxyl groups is 1. The molecular formula is C21H24N6OS. The predicted octanol–water partition coefficient (Wildman–Crippen LogP) is 3.70. The van der Waals surface area contributed by atoms with Gasteiger partial charge in [0.1, 0.15) is 12.1 Å². The van der Waals surface area contributed by atoms with Crippen LogP contribution >= 0.6 is 12.2 Å². The van der Waals surface area contributed by atoms with Crippen LogP contribution in [0, 0.1) is 4.77 Å². The largest absolute Gasteiger partial charge is 0.395 e. The van der Waals surface area contributed by atoms with Crippen LogP contribution in [0.25, 0.3) is 21.9 Å². The number of hydrogen-bond donors (Lipinski definition) is 3. The van der Waals surface area contributed by atoms with Gasteiger partial charge in [0.05, 0.1) is 23.2 Å². The summed E-state index contributed by atoms with van der Waals surface area (Å²) in [5, 5.41) is 13.7. The molecule has 0 spiro atoms. The van der Waals surface area contributed by atoms with Crippen LogP contribution in [0.15, 0.2) is 42.7 Å². The van der Waals surface area contributed by atoms with Crippen molar-refractivity contribution in [1.82, 2.24) is 19.5 Å². The van der Waals surface area contributed by atoms with Crippen LogP contribution in [0.1, 0.15) is 12.5 Å². The summed E-state index contributed by atoms with van der Waals surface area (Å²) in [7, 11) is 1.98. The molecule has 29 heavy (non-hydrogen) atoms. The Morgan fingerprint density at radius 3 is 2.86 bits per heavy atom. The first-order chi connectivity index (χ1) is 14.1. The van der Waals surface area contributed by atoms with E-state index in [2.05, 4.69) is 56.0 Å². The molecule has 0 amide bonds. The highest BCUT2D eigenvalue weighted by Crippen LogP contribution is 2.27. The highest BCUT2D eigenvalue weighted by atomic mass is 32.1. The van der Waals surface area contributed by atoms with Crippen LogP contribution in [0.4, 0.5) is 11.5 Å². The van der Waals surface area contributed by atoms with Crippen molar-refractivity contribution in [3.8, 4) is 0 Å². The molecule has 0 aliphatic carbocycles. The molecule has 0 saturated carbocycles. The minimum Gasteiger partial charge on any atom is -0.395 e. The monoisotopic (exact) mass is 408 g/mol. The lowest BCUT2D eigenvalue weighted by molar-refractivity contribution is 0.304. The number of rotatable bonds is 7. The van der Waals surface area contributed by atoms with Gasteiger partial charge in [-0.3, -0.25) is 0 Å². The van der Waals surface area contributed by atoms with Crippen LogP contribution in [0.2, 0.25) is 0 Å². The van der Waals surface area contributed by atoms with Crippen molar-refractivity contribution in [2.24, 2.45) is 0 Å². The minimum absolute atomic E-state index is 0.115. The Morgan fingerprint density at radius 1 is 1.24 bits per heavy atom. The summed E-state index contributed by atoms with van der Waals surface area (Å²) in [6.07, 6.45) is 1.58. The van der Waals surface area contributed by atoms with E-state index in [1.165, 1.54) is 0 Å². The summed E-state index contributed by atoms with van der Waals surface area (Å²) in [5.74, 6) is 0.778. The number of benzene rings is 2. The van der Waals surface area contributed by atoms with Gasteiger partial charge in [0.25, 0.3) is 0 Å². The molecule has 8 heteroatoms. The zero-order valence-electron chi connectivity index (χ0n) is 16.5. The lowest BCUT2D eigenvalue weighted by Gasteiger charge is -2.22. The third-order valence-electron chi connectivity index (χ3n) is 5.13. The van der Waals surface area contributed by atoms with Crippen molar-refractivity contribution in [2.45, 2.75) is 20.0 Å². The number of fused-ring (bicyclic) bond motifs is 2. The standard InChI is InChI=1S/C21H24N6OS/c1-3-27-19-11-16-15(10-17(19)25-21(27)29)20(24-13-23-16)22-12-14-6-4-5-7-18(14)26(2)8-9-28/h4-7,10-11,13,28H,3,8-9,12H2,1-2H3,(H,25,29)(H,22,23,24). The van der Waals surface area contributed by atoms with Crippen LogP contribution in [0.5, 0.6) is 0 Å². The first kappa shape index (κ1) is 19.4. The van der Waals surface area contributed by atoms with Gasteiger partial charge in [0.15, 0.2) is 4.77 Å². The van der Waals surface area contributed by atoms with Gasteiger partial charge in [-0.25, -0.2) is 9.97 Å². The highest BCUT2D eigenvalue weighted by molar-refractivity contribution is 7.71. The number of nitrogens with zero attached hydrogens (tertiary/aromatic N) is 4. The second-order valence-corrected chi connectivity index (χ2v) is 7.30. The Labute approximate surface area is 174 Å². The summed E-state index contributed by atoms with van der Waals surface area (Å²) < 4.78 is 2.77. The van der Waals surface area contributed by atoms with E-state index in [1.54, 1.807) is 6.33 Å². The Bertz CT molecular complexity index is 1210. The molecule has 2 heterocycles. The van der Waals surface area contributed by atoms with Crippen LogP contribution < -0.4 is 10.2 Å². The maximum Gasteiger partial charge on any atom is 0.178 e. The molecule has 0 unspecified atom stereocenters. The molecule has 0 aliphatic heterocycles. The maximum atomic E-state index is 9.25. The maximum absolute atomic E-state index is 9.25. The van der Waals surface area contributed by atoms with Crippen molar-refractivity contribution in [3.63, 3.8) is 0 Å². The summed E-state index contributed by atoms with van der Waals surface area (Å²) in [5.41, 5.74) is 5.11. The molecule has 4 rings (SSSR count). The lowest BCUT2D eigenvalue weighted by atomic mass is 10.1. The average molecular weight is 409 g/mol. The Morgan fingerprint density at radius 2 is 2.07 bits per heavy atom. The molecule has 0 fully saturated rings. The molecule has 0 aliphatic rings. The summed E-state index contributed by atoms with van der Waals surface area (Å²) in [6, 6.07) is 12.3. The molecule has 2 aromatic heterocycles. The van der Waals surface area contributed by atoms with Crippen LogP contribution in [-0.2, 0) is 13.1 Å². The van der Waals surface area contributed by atoms with Gasteiger partial charge in [0.2, 0.25) is 0 Å². The van der Waals surface area contributed by atoms with Gasteiger partial charge < -0.3 is 24.9 Å². The zero-order valence-corrected chi connectivity index (χ0v) is 17.3. The number of nitrogens with one attached hydrogen (secondary N) is 2. The Hall–Kier alpha value is -2.97. The van der Waals surface area contributed by atoms with E-state index in [1.807, 2.05) is 24.1 Å². The number of likely N-dealkylation sites (N-methyl/N-ethyl adjacent to an activating group) is 1. The smallest absolute Gasteiger partial charge is 0.178 e. The topological polar surface area (TPSA) is 82.0 Å². The van der Waals surface area contributed by atoms with Gasteiger partial charge in [-0.15, -0.1) is 0 Å². The third-order valence-corrected chi connectivity index (χ3v) is 5.45. The normalized spacial score (nSPS) is 11.3. The van der Waals surface area contributed by atoms with Gasteiger partial charge >= 0.3 is 0 Å². The number of aliphatic hydroxyl groups excluding tert-OH is 1. The van der Waals surface area contributed by atoms with Crippen LogP contribution in [-0.4, -0.2) is 44.8 Å². The highest BCUT2D eigenvalue weighted by Gasteiger charge is 2.11. The summed E-state index contributed by atoms with van der Waals surface area (Å²) in [6.45, 7) is 4.19. The molecule has 0 atom stereocenters. The zero-order chi connectivity index (χ0) is 20.4. The van der Waals surface area contributed by atoms with Crippen molar-refractivity contribution in [2.75, 3.05) is 30.4 Å². The van der Waals surface area contributed by atoms with E-state index in [0.29, 0.717) is 17.9 Å². The molecule has 150 valence electrons. The van der Waals surface area contributed by atoms with E-state index >= 15 is 0 Å². The number of aromatic nitrogens is 4. The molecule has 0 radical (unpaired) electrons. The van der Waals surface area contributed by atoms with Gasteiger partial charge in [-0.05, 0) is 42.9 Å². The Balaban J connectivity index is 1.69. The minimum atomic E-state index is 0.115. The molecule has 2 aromatic carbocycles. The van der Waals surface area contributed by atoms with E-state index in [0.717, 1.165) is 45.5 Å². The second-order valence-electron chi connectivity index (χ2n) is 6.91. The van der Waals surface area contributed by atoms with Crippen molar-refractivity contribution in [1.29, 1.82) is 0 Å². The third kappa shape index (κ3) is 3.68. The number of aryl methyl sites for hydroxylation is 1. The molecule has 7 nitrogen and oxygen atoms in total. The molecule has 0 bridgehead atoms.